The number of hydrogen-bond acceptors (Lipinski definition) is 5. The highest BCUT2D eigenvalue weighted by Crippen LogP contribution is 2.19. The Labute approximate surface area is 90.0 Å². The molecule has 1 atom stereocenters. The topological polar surface area (TPSA) is 74.2 Å². The zero-order chi connectivity index (χ0) is 11.5. The molecule has 0 bridgehead atoms. The van der Waals surface area contributed by atoms with E-state index in [2.05, 4.69) is 10.1 Å². The summed E-state index contributed by atoms with van der Waals surface area (Å²) >= 11 is 0. The van der Waals surface area contributed by atoms with Crippen LogP contribution >= 0.6 is 0 Å². The summed E-state index contributed by atoms with van der Waals surface area (Å²) < 4.78 is 10.3. The molecule has 0 saturated carbocycles. The van der Waals surface area contributed by atoms with Crippen LogP contribution in [-0.4, -0.2) is 29.9 Å². The van der Waals surface area contributed by atoms with Gasteiger partial charge in [-0.1, -0.05) is 5.16 Å². The molecule has 0 spiro atoms. The van der Waals surface area contributed by atoms with Gasteiger partial charge in [-0.2, -0.15) is 4.98 Å². The monoisotopic (exact) mass is 213 g/mol. The van der Waals surface area contributed by atoms with Crippen LogP contribution in [0.1, 0.15) is 32.5 Å². The number of nitrogens with zero attached hydrogens (tertiary/aromatic N) is 2. The second-order valence-corrected chi connectivity index (χ2v) is 4.35. The normalized spacial score (nSPS) is 14.2. The Bertz CT molecular complexity index is 309. The highest BCUT2D eigenvalue weighted by atomic mass is 16.5. The third-order valence-corrected chi connectivity index (χ3v) is 2.43. The Hall–Kier alpha value is -0.940. The Kier molecular flexibility index (Phi) is 3.82. The van der Waals surface area contributed by atoms with E-state index >= 15 is 0 Å². The maximum Gasteiger partial charge on any atom is 0.233 e. The lowest BCUT2D eigenvalue weighted by molar-refractivity contribution is 0.116. The Morgan fingerprint density at radius 2 is 2.20 bits per heavy atom. The van der Waals surface area contributed by atoms with E-state index in [1.807, 2.05) is 20.8 Å². The van der Waals surface area contributed by atoms with Gasteiger partial charge in [-0.15, -0.1) is 0 Å². The fraction of sp³-hybridized carbons (Fsp3) is 0.800. The molecule has 1 aromatic rings. The zero-order valence-electron chi connectivity index (χ0n) is 9.78. The molecule has 1 rings (SSSR count). The summed E-state index contributed by atoms with van der Waals surface area (Å²) in [4.78, 5) is 4.30. The van der Waals surface area contributed by atoms with E-state index in [1.165, 1.54) is 0 Å². The minimum absolute atomic E-state index is 0.0939. The zero-order valence-corrected chi connectivity index (χ0v) is 9.78. The smallest absolute Gasteiger partial charge is 0.233 e. The van der Waals surface area contributed by atoms with Gasteiger partial charge in [0.1, 0.15) is 0 Å². The van der Waals surface area contributed by atoms with Crippen LogP contribution < -0.4 is 5.73 Å². The summed E-state index contributed by atoms with van der Waals surface area (Å²) in [5.41, 5.74) is 5.36. The highest BCUT2D eigenvalue weighted by molar-refractivity contribution is 5.01. The van der Waals surface area contributed by atoms with Crippen molar-refractivity contribution in [3.05, 3.63) is 11.7 Å². The highest BCUT2D eigenvalue weighted by Gasteiger charge is 2.26. The number of aromatic nitrogens is 2. The molecule has 5 heteroatoms. The van der Waals surface area contributed by atoms with E-state index in [1.54, 1.807) is 7.11 Å². The molecule has 1 aromatic heterocycles. The molecule has 1 heterocycles. The standard InChI is InChI=1S/C10H19N3O2/c1-7(14-4)5-8-12-9(15-13-8)10(2,3)6-11/h7H,5-6,11H2,1-4H3. The van der Waals surface area contributed by atoms with Gasteiger partial charge in [0.2, 0.25) is 5.89 Å². The fourth-order valence-corrected chi connectivity index (χ4v) is 1.04. The molecule has 15 heavy (non-hydrogen) atoms. The van der Waals surface area contributed by atoms with Gasteiger partial charge in [-0.25, -0.2) is 0 Å². The summed E-state index contributed by atoms with van der Waals surface area (Å²) in [6.45, 7) is 6.40. The molecule has 0 radical (unpaired) electrons. The van der Waals surface area contributed by atoms with Crippen molar-refractivity contribution in [2.75, 3.05) is 13.7 Å². The van der Waals surface area contributed by atoms with E-state index < -0.39 is 0 Å². The molecule has 2 N–H and O–H groups in total. The minimum Gasteiger partial charge on any atom is -0.381 e. The lowest BCUT2D eigenvalue weighted by atomic mass is 9.94. The summed E-state index contributed by atoms with van der Waals surface area (Å²) in [5.74, 6) is 1.25. The second kappa shape index (κ2) is 4.72. The minimum atomic E-state index is -0.262. The van der Waals surface area contributed by atoms with Crippen molar-refractivity contribution in [2.24, 2.45) is 5.73 Å². The van der Waals surface area contributed by atoms with Crippen LogP contribution in [0.4, 0.5) is 0 Å². The van der Waals surface area contributed by atoms with Crippen molar-refractivity contribution < 1.29 is 9.26 Å². The van der Waals surface area contributed by atoms with Gasteiger partial charge in [0.15, 0.2) is 5.82 Å². The molecule has 0 aliphatic rings. The molecule has 86 valence electrons. The Balaban J connectivity index is 2.72. The molecule has 1 unspecified atom stereocenters. The number of hydrogen-bond donors (Lipinski definition) is 1. The maximum absolute atomic E-state index is 5.62. The van der Waals surface area contributed by atoms with E-state index in [0.717, 1.165) is 0 Å². The maximum atomic E-state index is 5.62. The molecule has 0 fully saturated rings. The van der Waals surface area contributed by atoms with Crippen molar-refractivity contribution >= 4 is 0 Å². The average Bonchev–Trinajstić information content (AvgIpc) is 2.66. The third kappa shape index (κ3) is 3.00. The largest absolute Gasteiger partial charge is 0.381 e. The van der Waals surface area contributed by atoms with Gasteiger partial charge >= 0.3 is 0 Å². The fourth-order valence-electron chi connectivity index (χ4n) is 1.04. The predicted octanol–water partition coefficient (Wildman–Crippen LogP) is 0.883. The van der Waals surface area contributed by atoms with Crippen LogP contribution in [0.25, 0.3) is 0 Å². The van der Waals surface area contributed by atoms with Gasteiger partial charge in [0, 0.05) is 20.1 Å². The summed E-state index contributed by atoms with van der Waals surface area (Å²) in [5, 5.41) is 3.90. The van der Waals surface area contributed by atoms with Crippen molar-refractivity contribution in [1.82, 2.24) is 10.1 Å². The van der Waals surface area contributed by atoms with Crippen LogP contribution in [0.15, 0.2) is 4.52 Å². The summed E-state index contributed by atoms with van der Waals surface area (Å²) in [6, 6.07) is 0. The first-order valence-electron chi connectivity index (χ1n) is 5.05. The van der Waals surface area contributed by atoms with Crippen LogP contribution in [-0.2, 0) is 16.6 Å². The van der Waals surface area contributed by atoms with Crippen LogP contribution in [0.3, 0.4) is 0 Å². The Morgan fingerprint density at radius 1 is 1.53 bits per heavy atom. The first kappa shape index (κ1) is 12.1. The SMILES string of the molecule is COC(C)Cc1noc(C(C)(C)CN)n1. The molecular formula is C10H19N3O2. The molecule has 5 nitrogen and oxygen atoms in total. The molecule has 0 aromatic carbocycles. The van der Waals surface area contributed by atoms with E-state index in [4.69, 9.17) is 15.0 Å². The molecular weight excluding hydrogens is 194 g/mol. The third-order valence-electron chi connectivity index (χ3n) is 2.43. The van der Waals surface area contributed by atoms with Crippen LogP contribution in [0.5, 0.6) is 0 Å². The van der Waals surface area contributed by atoms with Crippen LogP contribution in [0, 0.1) is 0 Å². The van der Waals surface area contributed by atoms with E-state index in [0.29, 0.717) is 24.7 Å². The van der Waals surface area contributed by atoms with Crippen molar-refractivity contribution in [3.8, 4) is 0 Å². The summed E-state index contributed by atoms with van der Waals surface area (Å²) in [6.07, 6.45) is 0.747. The molecule has 0 aliphatic carbocycles. The number of methoxy groups -OCH3 is 1. The summed E-state index contributed by atoms with van der Waals surface area (Å²) in [7, 11) is 1.66. The average molecular weight is 213 g/mol. The van der Waals surface area contributed by atoms with Gasteiger partial charge in [-0.3, -0.25) is 0 Å². The number of ether oxygens (including phenoxy) is 1. The lowest BCUT2D eigenvalue weighted by Crippen LogP contribution is -2.28. The first-order valence-corrected chi connectivity index (χ1v) is 5.05. The van der Waals surface area contributed by atoms with E-state index in [-0.39, 0.29) is 11.5 Å². The first-order chi connectivity index (χ1) is 6.99. The van der Waals surface area contributed by atoms with Gasteiger partial charge in [-0.05, 0) is 20.8 Å². The molecule has 0 saturated heterocycles. The van der Waals surface area contributed by atoms with Crippen molar-refractivity contribution in [2.45, 2.75) is 38.7 Å². The lowest BCUT2D eigenvalue weighted by Gasteiger charge is -2.15. The Morgan fingerprint density at radius 3 is 2.73 bits per heavy atom. The van der Waals surface area contributed by atoms with Crippen molar-refractivity contribution in [3.63, 3.8) is 0 Å². The van der Waals surface area contributed by atoms with Gasteiger partial charge in [0.05, 0.1) is 11.5 Å². The number of rotatable bonds is 5. The second-order valence-electron chi connectivity index (χ2n) is 4.35. The molecule has 0 amide bonds. The predicted molar refractivity (Wildman–Crippen MR) is 56.6 cm³/mol. The molecule has 0 aliphatic heterocycles. The van der Waals surface area contributed by atoms with E-state index in [9.17, 15) is 0 Å². The van der Waals surface area contributed by atoms with Gasteiger partial charge in [0.25, 0.3) is 0 Å². The quantitative estimate of drug-likeness (QED) is 0.786. The van der Waals surface area contributed by atoms with Crippen molar-refractivity contribution in [1.29, 1.82) is 0 Å². The van der Waals surface area contributed by atoms with Gasteiger partial charge < -0.3 is 15.0 Å². The number of nitrogens with two attached hydrogens (primary N) is 1. The van der Waals surface area contributed by atoms with Crippen LogP contribution in [0.2, 0.25) is 0 Å².